The van der Waals surface area contributed by atoms with Crippen LogP contribution in [0.2, 0.25) is 0 Å². The Hall–Kier alpha value is -4.06. The first-order valence-corrected chi connectivity index (χ1v) is 10.6. The van der Waals surface area contributed by atoms with Crippen LogP contribution in [0.1, 0.15) is 6.92 Å². The van der Waals surface area contributed by atoms with Crippen molar-refractivity contribution in [2.45, 2.75) is 13.0 Å². The zero-order valence-corrected chi connectivity index (χ0v) is 19.3. The molecule has 1 heterocycles. The van der Waals surface area contributed by atoms with E-state index in [0.717, 1.165) is 6.92 Å². The monoisotopic (exact) mass is 614 g/mol. The van der Waals surface area contributed by atoms with Crippen LogP contribution in [0.25, 0.3) is 0 Å². The number of halogens is 15. The van der Waals surface area contributed by atoms with Crippen LogP contribution in [0.15, 0.2) is 0 Å². The van der Waals surface area contributed by atoms with Gasteiger partial charge in [0.25, 0.3) is 0 Å². The van der Waals surface area contributed by atoms with Gasteiger partial charge in [-0.15, -0.1) is 0 Å². The normalized spacial score (nSPS) is 16.4. The largest absolute Gasteiger partial charge is 0.659 e. The molecule has 220 valence electrons. The molecule has 3 aromatic carbocycles. The summed E-state index contributed by atoms with van der Waals surface area (Å²) in [5, 5.41) is 0. The highest BCUT2D eigenvalue weighted by atomic mass is 19.2. The molecule has 0 radical (unpaired) electrons. The van der Waals surface area contributed by atoms with E-state index in [0.29, 0.717) is 0 Å². The molecular weight excluding hydrogens is 608 g/mol. The molecule has 1 fully saturated rings. The molecule has 0 saturated carbocycles. The summed E-state index contributed by atoms with van der Waals surface area (Å²) in [6.45, 7) is 0.382. The predicted molar refractivity (Wildman–Crippen MR) is 105 cm³/mol. The maximum absolute atomic E-state index is 15.2. The van der Waals surface area contributed by atoms with Crippen molar-refractivity contribution in [3.8, 4) is 0 Å². The molecule has 4 rings (SSSR count). The zero-order chi connectivity index (χ0) is 30.9. The molecule has 1 aliphatic heterocycles. The van der Waals surface area contributed by atoms with Crippen molar-refractivity contribution in [2.75, 3.05) is 6.61 Å². The molecule has 0 amide bonds. The van der Waals surface area contributed by atoms with Crippen molar-refractivity contribution in [3.63, 3.8) is 0 Å². The van der Waals surface area contributed by atoms with Crippen molar-refractivity contribution >= 4 is 28.9 Å². The van der Waals surface area contributed by atoms with Gasteiger partial charge in [0.15, 0.2) is 52.4 Å². The van der Waals surface area contributed by atoms with Crippen LogP contribution in [-0.2, 0) is 9.47 Å². The molecular formula is C22H6BF15O3. The summed E-state index contributed by atoms with van der Waals surface area (Å²) in [5.41, 5.74) is -8.81. The van der Waals surface area contributed by atoms with Gasteiger partial charge in [-0.25, -0.2) is 65.9 Å². The Bertz CT molecular complexity index is 1400. The number of ether oxygens (including phenoxy) is 2. The highest BCUT2D eigenvalue weighted by molar-refractivity contribution is 7.06. The van der Waals surface area contributed by atoms with Gasteiger partial charge in [-0.05, 0) is 6.92 Å². The minimum atomic E-state index is -6.24. The van der Waals surface area contributed by atoms with E-state index in [9.17, 15) is 39.5 Å². The Kier molecular flexibility index (Phi) is 7.36. The van der Waals surface area contributed by atoms with Crippen LogP contribution in [0, 0.1) is 87.3 Å². The minimum Gasteiger partial charge on any atom is -0.552 e. The molecule has 0 aromatic heterocycles. The molecule has 0 bridgehead atoms. The topological polar surface area (TPSA) is 29.8 Å². The molecule has 0 aliphatic carbocycles. The molecule has 1 aliphatic rings. The molecule has 1 atom stereocenters. The third-order valence-corrected chi connectivity index (χ3v) is 5.96. The molecule has 3 aromatic rings. The van der Waals surface area contributed by atoms with Crippen LogP contribution >= 0.6 is 0 Å². The van der Waals surface area contributed by atoms with Crippen molar-refractivity contribution in [3.05, 3.63) is 87.3 Å². The Morgan fingerprint density at radius 1 is 0.463 bits per heavy atom. The van der Waals surface area contributed by atoms with Gasteiger partial charge in [-0.3, -0.25) is 0 Å². The van der Waals surface area contributed by atoms with Crippen molar-refractivity contribution in [1.29, 1.82) is 0 Å². The van der Waals surface area contributed by atoms with E-state index in [4.69, 9.17) is 4.74 Å². The summed E-state index contributed by atoms with van der Waals surface area (Å²) in [4.78, 5) is 0. The fraction of sp³-hybridized carbons (Fsp3) is 0.136. The fourth-order valence-corrected chi connectivity index (χ4v) is 4.17. The lowest BCUT2D eigenvalue weighted by Gasteiger charge is -2.36. The van der Waals surface area contributed by atoms with E-state index >= 15 is 26.3 Å². The third kappa shape index (κ3) is 4.15. The number of carbonyl (C=O) groups excluding carboxylic acids is 1. The molecule has 1 saturated heterocycles. The minimum absolute atomic E-state index is 0.702. The number of cyclic esters (lactones) is 2. The average molecular weight is 614 g/mol. The van der Waals surface area contributed by atoms with Gasteiger partial charge < -0.3 is 13.8 Å². The second-order valence-corrected chi connectivity index (χ2v) is 8.34. The Morgan fingerprint density at radius 3 is 0.927 bits per heavy atom. The van der Waals surface area contributed by atoms with Crippen molar-refractivity contribution in [1.82, 2.24) is 0 Å². The Morgan fingerprint density at radius 2 is 0.707 bits per heavy atom. The lowest BCUT2D eigenvalue weighted by Crippen LogP contribution is -2.71. The van der Waals surface area contributed by atoms with E-state index in [1.807, 2.05) is 0 Å². The van der Waals surface area contributed by atoms with Crippen LogP contribution < -0.4 is 16.4 Å². The summed E-state index contributed by atoms with van der Waals surface area (Å²) < 4.78 is 233. The second kappa shape index (κ2) is 10.1. The summed E-state index contributed by atoms with van der Waals surface area (Å²) >= 11 is 0. The summed E-state index contributed by atoms with van der Waals surface area (Å²) in [6.07, 6.45) is -9.21. The predicted octanol–water partition coefficient (Wildman–Crippen LogP) is 4.83. The second-order valence-electron chi connectivity index (χ2n) is 8.34. The van der Waals surface area contributed by atoms with Gasteiger partial charge in [-0.2, -0.15) is 0 Å². The van der Waals surface area contributed by atoms with E-state index in [1.54, 1.807) is 0 Å². The van der Waals surface area contributed by atoms with E-state index in [1.165, 1.54) is 0 Å². The first-order chi connectivity index (χ1) is 19.0. The van der Waals surface area contributed by atoms with Crippen molar-refractivity contribution < 1.29 is 79.7 Å². The molecule has 0 spiro atoms. The van der Waals surface area contributed by atoms with Gasteiger partial charge in [0.1, 0.15) is 34.9 Å². The van der Waals surface area contributed by atoms with E-state index in [-0.39, 0.29) is 0 Å². The van der Waals surface area contributed by atoms with Gasteiger partial charge in [0, 0.05) is 0 Å². The zero-order valence-electron chi connectivity index (χ0n) is 19.3. The average Bonchev–Trinajstić information content (AvgIpc) is 3.34. The van der Waals surface area contributed by atoms with Crippen molar-refractivity contribution in [2.24, 2.45) is 0 Å². The van der Waals surface area contributed by atoms with Gasteiger partial charge in [0.2, 0.25) is 12.7 Å². The molecule has 0 N–H and O–H groups in total. The SMILES string of the molecule is C[C@H]1COC(=[O+][B-](c2c(F)c(F)c(F)c(F)c2F)(c2c(F)c(F)c(F)c(F)c2F)c2c(F)c(F)c(F)c(F)c2F)O1. The van der Waals surface area contributed by atoms with Gasteiger partial charge in [0.05, 0.1) is 0 Å². The van der Waals surface area contributed by atoms with Crippen LogP contribution in [-0.4, -0.2) is 25.2 Å². The van der Waals surface area contributed by atoms with Crippen LogP contribution in [0.3, 0.4) is 0 Å². The number of rotatable bonds is 4. The van der Waals surface area contributed by atoms with E-state index < -0.39 is 129 Å². The number of hydrogen-bond acceptors (Lipinski definition) is 2. The fourth-order valence-electron chi connectivity index (χ4n) is 4.17. The lowest BCUT2D eigenvalue weighted by atomic mass is 9.27. The summed E-state index contributed by atoms with van der Waals surface area (Å²) in [6, 6.07) is 0. The first kappa shape index (κ1) is 29.9. The highest BCUT2D eigenvalue weighted by Crippen LogP contribution is 2.31. The smallest absolute Gasteiger partial charge is 0.552 e. The molecule has 41 heavy (non-hydrogen) atoms. The Labute approximate surface area is 216 Å². The quantitative estimate of drug-likeness (QED) is 0.105. The van der Waals surface area contributed by atoms with Gasteiger partial charge >= 0.3 is 12.5 Å². The summed E-state index contributed by atoms with van der Waals surface area (Å²) in [7, 11) is 0. The van der Waals surface area contributed by atoms with Gasteiger partial charge in [-0.1, -0.05) is 16.4 Å². The molecule has 0 unspecified atom stereocenters. The van der Waals surface area contributed by atoms with E-state index in [2.05, 4.69) is 9.08 Å². The molecule has 3 nitrogen and oxygen atoms in total. The standard InChI is InChI=1S/C22H6BF15O3/c1-3-2-39-22(40-3)41-23(4-7(24)13(30)19(36)14(31)8(4)25,5-9(26)15(32)20(37)16(33)10(5)27)6-11(28)17(34)21(38)18(35)12(6)29/h3H,2H2,1H3/t3-/m0/s1. The third-order valence-electron chi connectivity index (χ3n) is 5.96. The highest BCUT2D eigenvalue weighted by Gasteiger charge is 2.55. The summed E-state index contributed by atoms with van der Waals surface area (Å²) in [5.74, 6) is -47.3. The number of benzene rings is 3. The maximum Gasteiger partial charge on any atom is 0.659 e. The lowest BCUT2D eigenvalue weighted by molar-refractivity contribution is -0.0108. The number of hydrogen-bond donors (Lipinski definition) is 0. The van der Waals surface area contributed by atoms with Crippen LogP contribution in [0.5, 0.6) is 0 Å². The van der Waals surface area contributed by atoms with Crippen LogP contribution in [0.4, 0.5) is 70.2 Å². The molecule has 19 heteroatoms. The Balaban J connectivity index is 2.48. The maximum atomic E-state index is 15.2. The first-order valence-electron chi connectivity index (χ1n) is 10.6.